The zero-order chi connectivity index (χ0) is 17.2. The lowest BCUT2D eigenvalue weighted by atomic mass is 9.98. The van der Waals surface area contributed by atoms with Crippen molar-refractivity contribution in [3.8, 4) is 5.75 Å². The van der Waals surface area contributed by atoms with Gasteiger partial charge < -0.3 is 10.1 Å². The van der Waals surface area contributed by atoms with Crippen LogP contribution in [-0.4, -0.2) is 37.4 Å². The van der Waals surface area contributed by atoms with Crippen LogP contribution in [-0.2, 0) is 0 Å². The Hall–Kier alpha value is -0.990. The van der Waals surface area contributed by atoms with E-state index in [1.165, 1.54) is 6.07 Å². The highest BCUT2D eigenvalue weighted by Gasteiger charge is 2.32. The first-order chi connectivity index (χ1) is 11.4. The van der Waals surface area contributed by atoms with Crippen molar-refractivity contribution in [3.63, 3.8) is 0 Å². The van der Waals surface area contributed by atoms with Gasteiger partial charge in [-0.3, -0.25) is 4.90 Å². The van der Waals surface area contributed by atoms with Crippen molar-refractivity contribution in [1.29, 1.82) is 0 Å². The topological polar surface area (TPSA) is 24.5 Å². The van der Waals surface area contributed by atoms with Crippen LogP contribution in [0.3, 0.4) is 0 Å². The normalized spacial score (nSPS) is 17.0. The minimum atomic E-state index is -4.75. The van der Waals surface area contributed by atoms with E-state index in [0.29, 0.717) is 0 Å². The minimum absolute atomic E-state index is 0. The number of nitrogens with zero attached hydrogens (tertiary/aromatic N) is 1. The van der Waals surface area contributed by atoms with E-state index >= 15 is 0 Å². The van der Waals surface area contributed by atoms with Gasteiger partial charge in [0.25, 0.3) is 0 Å². The number of thiophene rings is 1. The molecule has 25 heavy (non-hydrogen) atoms. The van der Waals surface area contributed by atoms with Gasteiger partial charge in [-0.2, -0.15) is 11.3 Å². The molecule has 3 rings (SSSR count). The highest BCUT2D eigenvalue weighted by Crippen LogP contribution is 2.36. The van der Waals surface area contributed by atoms with E-state index in [0.717, 1.165) is 37.3 Å². The standard InChI is InChI=1S/C16H16ClF3N2OS.ClH/c17-13-9-11(1-2-14(13)23-16(18,19)20)15(12-3-8-24-10-12)22-6-4-21-5-7-22;/h1-3,8-10,15,21H,4-7H2;1H/t15-;/m1./s1. The van der Waals surface area contributed by atoms with Gasteiger partial charge in [0.2, 0.25) is 0 Å². The van der Waals surface area contributed by atoms with Crippen molar-refractivity contribution in [2.24, 2.45) is 0 Å². The maximum absolute atomic E-state index is 12.4. The number of halogens is 5. The van der Waals surface area contributed by atoms with E-state index in [1.807, 2.05) is 11.4 Å². The molecule has 1 aromatic heterocycles. The van der Waals surface area contributed by atoms with Crippen molar-refractivity contribution < 1.29 is 17.9 Å². The first-order valence-electron chi connectivity index (χ1n) is 7.46. The van der Waals surface area contributed by atoms with Gasteiger partial charge >= 0.3 is 6.36 Å². The Morgan fingerprint density at radius 2 is 1.88 bits per heavy atom. The highest BCUT2D eigenvalue weighted by atomic mass is 35.5. The third kappa shape index (κ3) is 5.24. The Kier molecular flexibility index (Phi) is 6.99. The number of piperazine rings is 1. The molecule has 1 fully saturated rings. The molecule has 0 radical (unpaired) electrons. The second-order valence-electron chi connectivity index (χ2n) is 5.48. The Morgan fingerprint density at radius 1 is 1.16 bits per heavy atom. The van der Waals surface area contributed by atoms with Crippen molar-refractivity contribution in [3.05, 3.63) is 51.2 Å². The fourth-order valence-corrected chi connectivity index (χ4v) is 3.79. The Labute approximate surface area is 159 Å². The summed E-state index contributed by atoms with van der Waals surface area (Å²) in [6.07, 6.45) is -4.75. The largest absolute Gasteiger partial charge is 0.573 e. The summed E-state index contributed by atoms with van der Waals surface area (Å²) in [7, 11) is 0. The first kappa shape index (κ1) is 20.3. The van der Waals surface area contributed by atoms with Crippen LogP contribution in [0.25, 0.3) is 0 Å². The second kappa shape index (κ2) is 8.60. The summed E-state index contributed by atoms with van der Waals surface area (Å²) in [5.74, 6) is -0.378. The first-order valence-corrected chi connectivity index (χ1v) is 8.78. The van der Waals surface area contributed by atoms with Gasteiger partial charge in [-0.15, -0.1) is 25.6 Å². The molecule has 9 heteroatoms. The number of alkyl halides is 3. The van der Waals surface area contributed by atoms with Crippen LogP contribution in [0.1, 0.15) is 17.2 Å². The summed E-state index contributed by atoms with van der Waals surface area (Å²) in [6, 6.07) is 6.50. The van der Waals surface area contributed by atoms with Crippen molar-refractivity contribution in [2.45, 2.75) is 12.4 Å². The van der Waals surface area contributed by atoms with Gasteiger partial charge in [-0.25, -0.2) is 0 Å². The molecule has 0 aliphatic carbocycles. The Morgan fingerprint density at radius 3 is 2.44 bits per heavy atom. The predicted molar refractivity (Wildman–Crippen MR) is 96.0 cm³/mol. The molecule has 3 nitrogen and oxygen atoms in total. The predicted octanol–water partition coefficient (Wildman–Crippen LogP) is 4.72. The summed E-state index contributed by atoms with van der Waals surface area (Å²) >= 11 is 7.62. The molecule has 1 saturated heterocycles. The van der Waals surface area contributed by atoms with E-state index in [-0.39, 0.29) is 29.2 Å². The van der Waals surface area contributed by atoms with E-state index < -0.39 is 6.36 Å². The third-order valence-electron chi connectivity index (χ3n) is 3.87. The lowest BCUT2D eigenvalue weighted by Gasteiger charge is -2.35. The summed E-state index contributed by atoms with van der Waals surface area (Å²) in [6.45, 7) is 3.48. The fraction of sp³-hybridized carbons (Fsp3) is 0.375. The number of rotatable bonds is 4. The number of hydrogen-bond donors (Lipinski definition) is 1. The molecule has 0 unspecified atom stereocenters. The fourth-order valence-electron chi connectivity index (χ4n) is 2.88. The number of ether oxygens (including phenoxy) is 1. The SMILES string of the molecule is Cl.FC(F)(F)Oc1ccc([C@H](c2ccsc2)N2CCNCC2)cc1Cl. The summed E-state index contributed by atoms with van der Waals surface area (Å²) in [5.41, 5.74) is 1.97. The lowest BCUT2D eigenvalue weighted by molar-refractivity contribution is -0.274. The van der Waals surface area contributed by atoms with Crippen LogP contribution < -0.4 is 10.1 Å². The van der Waals surface area contributed by atoms with Crippen molar-refractivity contribution >= 4 is 35.3 Å². The maximum Gasteiger partial charge on any atom is 0.573 e. The summed E-state index contributed by atoms with van der Waals surface area (Å²) < 4.78 is 41.1. The van der Waals surface area contributed by atoms with Crippen LogP contribution in [0.2, 0.25) is 5.02 Å². The molecule has 1 aromatic carbocycles. The van der Waals surface area contributed by atoms with Crippen molar-refractivity contribution in [2.75, 3.05) is 26.2 Å². The van der Waals surface area contributed by atoms with Crippen LogP contribution in [0.5, 0.6) is 5.75 Å². The van der Waals surface area contributed by atoms with Gasteiger partial charge in [-0.05, 0) is 40.1 Å². The molecule has 138 valence electrons. The van der Waals surface area contributed by atoms with Gasteiger partial charge in [-0.1, -0.05) is 17.7 Å². The molecule has 0 bridgehead atoms. The Bertz CT molecular complexity index is 677. The highest BCUT2D eigenvalue weighted by molar-refractivity contribution is 7.08. The Balaban J connectivity index is 0.00000225. The monoisotopic (exact) mass is 412 g/mol. The van der Waals surface area contributed by atoms with E-state index in [9.17, 15) is 13.2 Å². The van der Waals surface area contributed by atoms with E-state index in [1.54, 1.807) is 23.5 Å². The van der Waals surface area contributed by atoms with E-state index in [4.69, 9.17) is 11.6 Å². The molecule has 2 heterocycles. The zero-order valence-corrected chi connectivity index (χ0v) is 15.4. The van der Waals surface area contributed by atoms with Crippen molar-refractivity contribution in [1.82, 2.24) is 10.2 Å². The molecule has 0 spiro atoms. The smallest absolute Gasteiger partial charge is 0.404 e. The quantitative estimate of drug-likeness (QED) is 0.786. The molecular formula is C16H17Cl2F3N2OS. The third-order valence-corrected chi connectivity index (χ3v) is 4.87. The molecule has 1 aliphatic heterocycles. The van der Waals surface area contributed by atoms with Crippen LogP contribution >= 0.6 is 35.3 Å². The molecular weight excluding hydrogens is 396 g/mol. The molecule has 2 aromatic rings. The summed E-state index contributed by atoms with van der Waals surface area (Å²) in [5, 5.41) is 7.31. The minimum Gasteiger partial charge on any atom is -0.404 e. The lowest BCUT2D eigenvalue weighted by Crippen LogP contribution is -2.45. The molecule has 1 aliphatic rings. The zero-order valence-electron chi connectivity index (χ0n) is 13.1. The number of benzene rings is 1. The molecule has 1 atom stereocenters. The van der Waals surface area contributed by atoms with Gasteiger partial charge in [0.15, 0.2) is 0 Å². The second-order valence-corrected chi connectivity index (χ2v) is 6.67. The number of hydrogen-bond acceptors (Lipinski definition) is 4. The molecule has 0 saturated carbocycles. The van der Waals surface area contributed by atoms with E-state index in [2.05, 4.69) is 20.3 Å². The maximum atomic E-state index is 12.4. The van der Waals surface area contributed by atoms with Crippen LogP contribution in [0, 0.1) is 0 Å². The van der Waals surface area contributed by atoms with Crippen LogP contribution in [0.15, 0.2) is 35.0 Å². The summed E-state index contributed by atoms with van der Waals surface area (Å²) in [4.78, 5) is 2.30. The van der Waals surface area contributed by atoms with Gasteiger partial charge in [0.05, 0.1) is 11.1 Å². The molecule has 0 amide bonds. The van der Waals surface area contributed by atoms with Crippen LogP contribution in [0.4, 0.5) is 13.2 Å². The number of nitrogens with one attached hydrogen (secondary N) is 1. The average Bonchev–Trinajstić information content (AvgIpc) is 3.04. The average molecular weight is 413 g/mol. The molecule has 1 N–H and O–H groups in total. The van der Waals surface area contributed by atoms with Gasteiger partial charge in [0, 0.05) is 26.2 Å². The van der Waals surface area contributed by atoms with Gasteiger partial charge in [0.1, 0.15) is 5.75 Å².